The van der Waals surface area contributed by atoms with Crippen LogP contribution >= 0.6 is 0 Å². The third-order valence-electron chi connectivity index (χ3n) is 5.34. The van der Waals surface area contributed by atoms with Crippen LogP contribution in [-0.4, -0.2) is 12.2 Å². The number of hydrogen-bond acceptors (Lipinski definition) is 1. The van der Waals surface area contributed by atoms with Crippen molar-refractivity contribution in [2.45, 2.75) is 50.2 Å². The van der Waals surface area contributed by atoms with Gasteiger partial charge in [0.25, 0.3) is 0 Å². The zero-order valence-corrected chi connectivity index (χ0v) is 12.0. The molecule has 1 aromatic carbocycles. The molecule has 3 atom stereocenters. The number of nitrogens with two attached hydrogens (primary N) is 1. The van der Waals surface area contributed by atoms with Crippen molar-refractivity contribution in [1.29, 1.82) is 0 Å². The minimum Gasteiger partial charge on any atom is -0.327 e. The Bertz CT molecular complexity index is 463. The van der Waals surface area contributed by atoms with E-state index in [0.29, 0.717) is 24.7 Å². The van der Waals surface area contributed by atoms with E-state index in [4.69, 9.17) is 5.73 Å². The number of hydrogen-bond donors (Lipinski definition) is 1. The summed E-state index contributed by atoms with van der Waals surface area (Å²) in [6.45, 7) is 0. The van der Waals surface area contributed by atoms with Gasteiger partial charge in [0.15, 0.2) is 0 Å². The maximum atomic E-state index is 12.7. The maximum Gasteiger partial charge on any atom is 0.391 e. The highest BCUT2D eigenvalue weighted by Crippen LogP contribution is 2.52. The maximum absolute atomic E-state index is 12.7. The van der Waals surface area contributed by atoms with E-state index in [1.165, 1.54) is 5.56 Å². The third-order valence-corrected chi connectivity index (χ3v) is 5.34. The highest BCUT2D eigenvalue weighted by atomic mass is 19.4. The van der Waals surface area contributed by atoms with Crippen LogP contribution in [0, 0.1) is 17.8 Å². The van der Waals surface area contributed by atoms with Gasteiger partial charge in [0.2, 0.25) is 0 Å². The van der Waals surface area contributed by atoms with E-state index >= 15 is 0 Å². The van der Waals surface area contributed by atoms with Crippen molar-refractivity contribution in [2.75, 3.05) is 0 Å². The minimum absolute atomic E-state index is 0.0596. The van der Waals surface area contributed by atoms with Crippen LogP contribution in [0.25, 0.3) is 0 Å². The first-order chi connectivity index (χ1) is 9.97. The molecule has 4 heteroatoms. The molecule has 0 heterocycles. The first-order valence-electron chi connectivity index (χ1n) is 7.84. The fraction of sp³-hybridized carbons (Fsp3) is 0.647. The van der Waals surface area contributed by atoms with Crippen molar-refractivity contribution < 1.29 is 13.2 Å². The molecule has 2 N–H and O–H groups in total. The lowest BCUT2D eigenvalue weighted by atomic mass is 9.77. The van der Waals surface area contributed by atoms with Gasteiger partial charge in [0.1, 0.15) is 0 Å². The quantitative estimate of drug-likeness (QED) is 0.874. The average molecular weight is 297 g/mol. The molecule has 116 valence electrons. The molecule has 2 fully saturated rings. The van der Waals surface area contributed by atoms with Crippen LogP contribution in [-0.2, 0) is 0 Å². The Morgan fingerprint density at radius 1 is 1.00 bits per heavy atom. The Morgan fingerprint density at radius 3 is 2.19 bits per heavy atom. The van der Waals surface area contributed by atoms with Gasteiger partial charge < -0.3 is 5.73 Å². The van der Waals surface area contributed by atoms with E-state index < -0.39 is 12.1 Å². The summed E-state index contributed by atoms with van der Waals surface area (Å²) >= 11 is 0. The van der Waals surface area contributed by atoms with Gasteiger partial charge in [-0.05, 0) is 55.4 Å². The summed E-state index contributed by atoms with van der Waals surface area (Å²) in [4.78, 5) is 0. The zero-order valence-electron chi connectivity index (χ0n) is 12.0. The Labute approximate surface area is 123 Å². The van der Waals surface area contributed by atoms with Crippen molar-refractivity contribution in [3.8, 4) is 0 Å². The largest absolute Gasteiger partial charge is 0.391 e. The molecule has 2 saturated carbocycles. The Kier molecular flexibility index (Phi) is 4.00. The van der Waals surface area contributed by atoms with Gasteiger partial charge in [0, 0.05) is 6.04 Å². The zero-order chi connectivity index (χ0) is 15.0. The molecule has 1 nitrogen and oxygen atoms in total. The molecule has 21 heavy (non-hydrogen) atoms. The molecule has 0 amide bonds. The lowest BCUT2D eigenvalue weighted by molar-refractivity contribution is -0.184. The molecule has 0 radical (unpaired) electrons. The summed E-state index contributed by atoms with van der Waals surface area (Å²) in [5, 5.41) is 0. The molecule has 0 spiro atoms. The van der Waals surface area contributed by atoms with E-state index in [-0.39, 0.29) is 24.8 Å². The predicted octanol–water partition coefficient (Wildman–Crippen LogP) is 4.49. The summed E-state index contributed by atoms with van der Waals surface area (Å²) in [5.41, 5.74) is 7.68. The fourth-order valence-electron chi connectivity index (χ4n) is 3.90. The van der Waals surface area contributed by atoms with Crippen LogP contribution in [0.2, 0.25) is 0 Å². The van der Waals surface area contributed by atoms with E-state index in [9.17, 15) is 13.2 Å². The van der Waals surface area contributed by atoms with Crippen molar-refractivity contribution in [3.05, 3.63) is 35.9 Å². The summed E-state index contributed by atoms with van der Waals surface area (Å²) in [6.07, 6.45) is -1.17. The Morgan fingerprint density at radius 2 is 1.62 bits per heavy atom. The highest BCUT2D eigenvalue weighted by Gasteiger charge is 2.47. The molecule has 2 aliphatic rings. The first-order valence-corrected chi connectivity index (χ1v) is 7.84. The van der Waals surface area contributed by atoms with Gasteiger partial charge >= 0.3 is 6.18 Å². The molecular weight excluding hydrogens is 275 g/mol. The summed E-state index contributed by atoms with van der Waals surface area (Å²) in [6, 6.07) is 10.4. The van der Waals surface area contributed by atoms with Crippen molar-refractivity contribution in [2.24, 2.45) is 23.5 Å². The van der Waals surface area contributed by atoms with Crippen LogP contribution in [0.4, 0.5) is 13.2 Å². The van der Waals surface area contributed by atoms with Gasteiger partial charge in [-0.25, -0.2) is 0 Å². The monoisotopic (exact) mass is 297 g/mol. The molecule has 1 aromatic rings. The van der Waals surface area contributed by atoms with Gasteiger partial charge in [-0.1, -0.05) is 30.3 Å². The van der Waals surface area contributed by atoms with E-state index in [0.717, 1.165) is 6.42 Å². The van der Waals surface area contributed by atoms with Gasteiger partial charge in [-0.15, -0.1) is 0 Å². The van der Waals surface area contributed by atoms with Crippen LogP contribution in [0.15, 0.2) is 30.3 Å². The second kappa shape index (κ2) is 5.64. The van der Waals surface area contributed by atoms with Crippen molar-refractivity contribution in [1.82, 2.24) is 0 Å². The van der Waals surface area contributed by atoms with Crippen LogP contribution < -0.4 is 5.73 Å². The lowest BCUT2D eigenvalue weighted by Gasteiger charge is -2.33. The molecule has 0 aromatic heterocycles. The van der Waals surface area contributed by atoms with E-state index in [1.807, 2.05) is 18.2 Å². The smallest absolute Gasteiger partial charge is 0.327 e. The lowest BCUT2D eigenvalue weighted by Crippen LogP contribution is -2.37. The molecule has 2 aliphatic carbocycles. The number of halogens is 3. The number of alkyl halides is 3. The van der Waals surface area contributed by atoms with Crippen LogP contribution in [0.5, 0.6) is 0 Å². The van der Waals surface area contributed by atoms with Gasteiger partial charge in [-0.2, -0.15) is 13.2 Å². The molecular formula is C17H22F3N. The van der Waals surface area contributed by atoms with Gasteiger partial charge in [-0.3, -0.25) is 0 Å². The topological polar surface area (TPSA) is 26.0 Å². The SMILES string of the molecule is NC(C1CCC(C(F)(F)F)CC1)C1CC1c1ccccc1. The normalized spacial score (nSPS) is 34.5. The molecule has 3 unspecified atom stereocenters. The van der Waals surface area contributed by atoms with E-state index in [2.05, 4.69) is 12.1 Å². The first kappa shape index (κ1) is 14.9. The molecule has 0 saturated heterocycles. The fourth-order valence-corrected chi connectivity index (χ4v) is 3.90. The number of benzene rings is 1. The molecule has 3 rings (SSSR count). The Hall–Kier alpha value is -1.03. The summed E-state index contributed by atoms with van der Waals surface area (Å²) in [7, 11) is 0. The highest BCUT2D eigenvalue weighted by molar-refractivity contribution is 5.26. The number of rotatable bonds is 3. The van der Waals surface area contributed by atoms with Gasteiger partial charge in [0.05, 0.1) is 5.92 Å². The van der Waals surface area contributed by atoms with Crippen LogP contribution in [0.1, 0.15) is 43.6 Å². The summed E-state index contributed by atoms with van der Waals surface area (Å²) in [5.74, 6) is 0.133. The van der Waals surface area contributed by atoms with E-state index in [1.54, 1.807) is 0 Å². The minimum atomic E-state index is -4.03. The summed E-state index contributed by atoms with van der Waals surface area (Å²) < 4.78 is 38.1. The molecule has 0 bridgehead atoms. The third kappa shape index (κ3) is 3.25. The standard InChI is InChI=1S/C17H22F3N/c18-17(19,20)13-8-6-12(7-9-13)16(21)15-10-14(15)11-4-2-1-3-5-11/h1-5,12-16H,6-10,21H2. The van der Waals surface area contributed by atoms with Crippen LogP contribution in [0.3, 0.4) is 0 Å². The second-order valence-corrected chi connectivity index (χ2v) is 6.65. The Balaban J connectivity index is 1.53. The predicted molar refractivity (Wildman–Crippen MR) is 76.8 cm³/mol. The molecule has 0 aliphatic heterocycles. The van der Waals surface area contributed by atoms with Crippen molar-refractivity contribution in [3.63, 3.8) is 0 Å². The average Bonchev–Trinajstić information content (AvgIpc) is 3.27. The van der Waals surface area contributed by atoms with Crippen molar-refractivity contribution >= 4 is 0 Å². The second-order valence-electron chi connectivity index (χ2n) is 6.65.